The highest BCUT2D eigenvalue weighted by molar-refractivity contribution is 9.10. The number of nitrogen functional groups attached to an aromatic ring is 1. The molecule has 4 nitrogen and oxygen atoms in total. The molecule has 0 unspecified atom stereocenters. The largest absolute Gasteiger partial charge is 0.398 e. The number of hydrogen-bond acceptors (Lipinski definition) is 3. The van der Waals surface area contributed by atoms with Crippen LogP contribution in [0.5, 0.6) is 0 Å². The van der Waals surface area contributed by atoms with E-state index in [1.165, 1.54) is 12.1 Å². The Hall–Kier alpha value is -1.24. The van der Waals surface area contributed by atoms with Crippen molar-refractivity contribution in [2.45, 2.75) is 11.8 Å². The van der Waals surface area contributed by atoms with Crippen LogP contribution in [0.25, 0.3) is 0 Å². The van der Waals surface area contributed by atoms with Crippen molar-refractivity contribution in [2.24, 2.45) is 0 Å². The summed E-state index contributed by atoms with van der Waals surface area (Å²) in [5.41, 5.74) is 7.13. The third kappa shape index (κ3) is 3.08. The van der Waals surface area contributed by atoms with Gasteiger partial charge in [-0.15, -0.1) is 0 Å². The van der Waals surface area contributed by atoms with Crippen LogP contribution < -0.4 is 10.5 Å². The van der Waals surface area contributed by atoms with Crippen molar-refractivity contribution < 1.29 is 8.42 Å². The number of hydrogen-bond donors (Lipinski definition) is 2. The van der Waals surface area contributed by atoms with E-state index in [1.54, 1.807) is 18.2 Å². The third-order valence-corrected chi connectivity index (χ3v) is 5.29. The van der Waals surface area contributed by atoms with E-state index in [9.17, 15) is 8.42 Å². The Labute approximate surface area is 131 Å². The third-order valence-electron chi connectivity index (χ3n) is 2.78. The Morgan fingerprint density at radius 3 is 2.65 bits per heavy atom. The smallest absolute Gasteiger partial charge is 0.264 e. The first-order valence-electron chi connectivity index (χ1n) is 5.64. The van der Waals surface area contributed by atoms with Gasteiger partial charge in [-0.2, -0.15) is 0 Å². The van der Waals surface area contributed by atoms with E-state index >= 15 is 0 Å². The van der Waals surface area contributed by atoms with E-state index in [4.69, 9.17) is 17.3 Å². The first-order chi connectivity index (χ1) is 9.31. The van der Waals surface area contributed by atoms with Crippen LogP contribution in [-0.4, -0.2) is 8.42 Å². The number of sulfonamides is 1. The zero-order chi connectivity index (χ0) is 14.9. The molecule has 0 saturated heterocycles. The minimum Gasteiger partial charge on any atom is -0.398 e. The van der Waals surface area contributed by atoms with E-state index in [1.807, 2.05) is 13.0 Å². The van der Waals surface area contributed by atoms with E-state index in [0.717, 1.165) is 10.0 Å². The van der Waals surface area contributed by atoms with Crippen LogP contribution in [0.4, 0.5) is 11.4 Å². The molecular weight excluding hydrogens is 364 g/mol. The topological polar surface area (TPSA) is 72.2 Å². The van der Waals surface area contributed by atoms with Gasteiger partial charge in [0.1, 0.15) is 4.90 Å². The van der Waals surface area contributed by atoms with Gasteiger partial charge in [-0.25, -0.2) is 8.42 Å². The van der Waals surface area contributed by atoms with Gasteiger partial charge in [0.25, 0.3) is 10.0 Å². The standard InChI is InChI=1S/C13H12BrClN2O2S/c1-8-10(14)3-2-4-12(8)17-20(18,19)13-7-9(15)5-6-11(13)16/h2-7,17H,16H2,1H3. The first kappa shape index (κ1) is 15.2. The second-order valence-corrected chi connectivity index (χ2v) is 7.14. The van der Waals surface area contributed by atoms with E-state index < -0.39 is 10.0 Å². The molecule has 0 aliphatic carbocycles. The van der Waals surface area contributed by atoms with E-state index in [0.29, 0.717) is 10.7 Å². The molecule has 0 aromatic heterocycles. The molecule has 0 amide bonds. The Morgan fingerprint density at radius 1 is 1.25 bits per heavy atom. The minimum absolute atomic E-state index is 0.0376. The van der Waals surface area contributed by atoms with Gasteiger partial charge in [-0.05, 0) is 42.8 Å². The molecule has 0 aliphatic rings. The quantitative estimate of drug-likeness (QED) is 0.802. The monoisotopic (exact) mass is 374 g/mol. The molecule has 106 valence electrons. The minimum atomic E-state index is -3.79. The zero-order valence-electron chi connectivity index (χ0n) is 10.5. The Kier molecular flexibility index (Phi) is 4.27. The highest BCUT2D eigenvalue weighted by atomic mass is 79.9. The molecule has 0 aliphatic heterocycles. The number of nitrogens with one attached hydrogen (secondary N) is 1. The van der Waals surface area contributed by atoms with Crippen LogP contribution >= 0.6 is 27.5 Å². The maximum atomic E-state index is 12.4. The average Bonchev–Trinajstić information content (AvgIpc) is 2.37. The van der Waals surface area contributed by atoms with E-state index in [2.05, 4.69) is 20.7 Å². The molecule has 0 atom stereocenters. The molecular formula is C13H12BrClN2O2S. The van der Waals surface area contributed by atoms with Crippen molar-refractivity contribution in [2.75, 3.05) is 10.5 Å². The fourth-order valence-electron chi connectivity index (χ4n) is 1.66. The summed E-state index contributed by atoms with van der Waals surface area (Å²) in [6.45, 7) is 1.81. The summed E-state index contributed by atoms with van der Waals surface area (Å²) in [6, 6.07) is 9.59. The number of nitrogens with two attached hydrogens (primary N) is 1. The maximum absolute atomic E-state index is 12.4. The summed E-state index contributed by atoms with van der Waals surface area (Å²) < 4.78 is 28.1. The second kappa shape index (κ2) is 5.63. The maximum Gasteiger partial charge on any atom is 0.264 e. The highest BCUT2D eigenvalue weighted by Crippen LogP contribution is 2.28. The fraction of sp³-hybridized carbons (Fsp3) is 0.0769. The lowest BCUT2D eigenvalue weighted by atomic mass is 10.2. The summed E-state index contributed by atoms with van der Waals surface area (Å²) in [5.74, 6) is 0. The van der Waals surface area contributed by atoms with Crippen molar-refractivity contribution in [1.82, 2.24) is 0 Å². The van der Waals surface area contributed by atoms with Crippen molar-refractivity contribution in [3.8, 4) is 0 Å². The molecule has 0 saturated carbocycles. The van der Waals surface area contributed by atoms with Crippen molar-refractivity contribution in [1.29, 1.82) is 0 Å². The van der Waals surface area contributed by atoms with Crippen LogP contribution in [0.2, 0.25) is 5.02 Å². The molecule has 2 aromatic carbocycles. The van der Waals surface area contributed by atoms with Crippen LogP contribution in [0.15, 0.2) is 45.8 Å². The summed E-state index contributed by atoms with van der Waals surface area (Å²) in [4.78, 5) is -0.0376. The SMILES string of the molecule is Cc1c(Br)cccc1NS(=O)(=O)c1cc(Cl)ccc1N. The summed E-state index contributed by atoms with van der Waals surface area (Å²) in [6.07, 6.45) is 0. The Morgan fingerprint density at radius 2 is 1.95 bits per heavy atom. The highest BCUT2D eigenvalue weighted by Gasteiger charge is 2.19. The van der Waals surface area contributed by atoms with Gasteiger partial charge in [0, 0.05) is 9.50 Å². The van der Waals surface area contributed by atoms with Crippen LogP contribution in [0.1, 0.15) is 5.56 Å². The zero-order valence-corrected chi connectivity index (χ0v) is 13.7. The molecule has 0 radical (unpaired) electrons. The lowest BCUT2D eigenvalue weighted by molar-refractivity contribution is 0.601. The van der Waals surface area contributed by atoms with Crippen molar-refractivity contribution in [3.63, 3.8) is 0 Å². The van der Waals surface area contributed by atoms with E-state index in [-0.39, 0.29) is 10.6 Å². The van der Waals surface area contributed by atoms with Crippen LogP contribution in [0.3, 0.4) is 0 Å². The van der Waals surface area contributed by atoms with Crippen molar-refractivity contribution >= 4 is 48.9 Å². The molecule has 2 rings (SSSR count). The van der Waals surface area contributed by atoms with Crippen molar-refractivity contribution in [3.05, 3.63) is 51.5 Å². The van der Waals surface area contributed by atoms with Crippen LogP contribution in [0, 0.1) is 6.92 Å². The summed E-state index contributed by atoms with van der Waals surface area (Å²) in [7, 11) is -3.79. The summed E-state index contributed by atoms with van der Waals surface area (Å²) in [5, 5.41) is 0.311. The van der Waals surface area contributed by atoms with Gasteiger partial charge < -0.3 is 5.73 Å². The molecule has 0 bridgehead atoms. The molecule has 3 N–H and O–H groups in total. The van der Waals surface area contributed by atoms with Gasteiger partial charge in [-0.1, -0.05) is 33.6 Å². The van der Waals surface area contributed by atoms with Gasteiger partial charge in [0.15, 0.2) is 0 Å². The molecule has 7 heteroatoms. The fourth-order valence-corrected chi connectivity index (χ4v) is 3.54. The molecule has 0 fully saturated rings. The van der Waals surface area contributed by atoms with Gasteiger partial charge in [-0.3, -0.25) is 4.72 Å². The Balaban J connectivity index is 2.46. The lowest BCUT2D eigenvalue weighted by Crippen LogP contribution is -2.15. The molecule has 20 heavy (non-hydrogen) atoms. The average molecular weight is 376 g/mol. The van der Waals surface area contributed by atoms with Gasteiger partial charge in [0.2, 0.25) is 0 Å². The normalized spacial score (nSPS) is 11.3. The Bertz CT molecular complexity index is 763. The van der Waals surface area contributed by atoms with Gasteiger partial charge >= 0.3 is 0 Å². The molecule has 0 heterocycles. The van der Waals surface area contributed by atoms with Crippen LogP contribution in [-0.2, 0) is 10.0 Å². The predicted molar refractivity (Wildman–Crippen MR) is 85.6 cm³/mol. The molecule has 0 spiro atoms. The summed E-state index contributed by atoms with van der Waals surface area (Å²) >= 11 is 9.18. The lowest BCUT2D eigenvalue weighted by Gasteiger charge is -2.13. The number of benzene rings is 2. The predicted octanol–water partition coefficient (Wildman–Crippen LogP) is 3.79. The number of rotatable bonds is 3. The molecule has 2 aromatic rings. The second-order valence-electron chi connectivity index (χ2n) is 4.20. The number of halogens is 2. The first-order valence-corrected chi connectivity index (χ1v) is 8.29. The van der Waals surface area contributed by atoms with Gasteiger partial charge in [0.05, 0.1) is 11.4 Å². The number of anilines is 2.